The number of carbonyl (C=O) groups is 1. The minimum atomic E-state index is -0.749. The Kier molecular flexibility index (Phi) is 5.09. The highest BCUT2D eigenvalue weighted by molar-refractivity contribution is 6.32. The van der Waals surface area contributed by atoms with E-state index >= 15 is 0 Å². The Morgan fingerprint density at radius 2 is 2.00 bits per heavy atom. The van der Waals surface area contributed by atoms with Gasteiger partial charge in [-0.2, -0.15) is 0 Å². The van der Waals surface area contributed by atoms with Gasteiger partial charge < -0.3 is 9.15 Å². The van der Waals surface area contributed by atoms with Gasteiger partial charge in [-0.1, -0.05) is 23.7 Å². The summed E-state index contributed by atoms with van der Waals surface area (Å²) >= 11 is 5.91. The molecule has 0 fully saturated rings. The summed E-state index contributed by atoms with van der Waals surface area (Å²) in [7, 11) is 0. The van der Waals surface area contributed by atoms with E-state index < -0.39 is 17.6 Å². The van der Waals surface area contributed by atoms with Gasteiger partial charge in [0, 0.05) is 12.5 Å². The topological polar surface area (TPSA) is 52.3 Å². The number of oxazole rings is 1. The highest BCUT2D eigenvalue weighted by Crippen LogP contribution is 2.25. The number of ether oxygens (including phenoxy) is 1. The molecule has 0 saturated heterocycles. The first kappa shape index (κ1) is 17.1. The van der Waals surface area contributed by atoms with Gasteiger partial charge in [-0.3, -0.25) is 4.79 Å². The van der Waals surface area contributed by atoms with Crippen molar-refractivity contribution in [1.29, 1.82) is 0 Å². The predicted molar refractivity (Wildman–Crippen MR) is 87.3 cm³/mol. The number of aryl methyl sites for hydroxylation is 1. The van der Waals surface area contributed by atoms with Crippen molar-refractivity contribution in [2.45, 2.75) is 12.8 Å². The lowest BCUT2D eigenvalue weighted by atomic mass is 10.2. The van der Waals surface area contributed by atoms with Crippen molar-refractivity contribution in [2.24, 2.45) is 0 Å². The molecule has 0 bridgehead atoms. The van der Waals surface area contributed by atoms with Gasteiger partial charge in [-0.05, 0) is 24.3 Å². The van der Waals surface area contributed by atoms with Crippen molar-refractivity contribution >= 4 is 17.6 Å². The summed E-state index contributed by atoms with van der Waals surface area (Å²) in [4.78, 5) is 15.8. The molecule has 0 N–H and O–H groups in total. The molecule has 0 aliphatic heterocycles. The maximum atomic E-state index is 13.7. The molecule has 0 radical (unpaired) electrons. The summed E-state index contributed by atoms with van der Waals surface area (Å²) in [6.45, 7) is 0. The fourth-order valence-electron chi connectivity index (χ4n) is 2.15. The Hall–Kier alpha value is -2.73. The number of benzene rings is 2. The minimum absolute atomic E-state index is 0.0110. The summed E-state index contributed by atoms with van der Waals surface area (Å²) < 4.78 is 37.2. The molecule has 1 aromatic heterocycles. The smallest absolute Gasteiger partial charge is 0.311 e. The maximum absolute atomic E-state index is 13.7. The largest absolute Gasteiger partial charge is 0.441 e. The quantitative estimate of drug-likeness (QED) is 0.482. The van der Waals surface area contributed by atoms with Crippen LogP contribution in [0.3, 0.4) is 0 Å². The van der Waals surface area contributed by atoms with E-state index in [-0.39, 0.29) is 35.8 Å². The average Bonchev–Trinajstić information content (AvgIpc) is 3.04. The number of esters is 1. The van der Waals surface area contributed by atoms with Gasteiger partial charge in [0.2, 0.25) is 0 Å². The van der Waals surface area contributed by atoms with Crippen molar-refractivity contribution in [2.75, 3.05) is 0 Å². The number of nitrogens with zero attached hydrogens (tertiary/aromatic N) is 1. The molecule has 3 rings (SSSR count). The predicted octanol–water partition coefficient (Wildman–Crippen LogP) is 4.81. The molecule has 0 saturated carbocycles. The second-order valence-corrected chi connectivity index (χ2v) is 5.55. The zero-order chi connectivity index (χ0) is 17.8. The van der Waals surface area contributed by atoms with Gasteiger partial charge in [0.05, 0.1) is 23.2 Å². The first-order valence-corrected chi connectivity index (χ1v) is 7.76. The van der Waals surface area contributed by atoms with Gasteiger partial charge in [0.25, 0.3) is 0 Å². The van der Waals surface area contributed by atoms with Crippen LogP contribution in [0.4, 0.5) is 8.78 Å². The molecule has 7 heteroatoms. The number of hydrogen-bond acceptors (Lipinski definition) is 4. The Morgan fingerprint density at radius 1 is 1.20 bits per heavy atom. The van der Waals surface area contributed by atoms with Gasteiger partial charge in [-0.15, -0.1) is 0 Å². The van der Waals surface area contributed by atoms with Crippen LogP contribution in [-0.2, 0) is 11.2 Å². The summed E-state index contributed by atoms with van der Waals surface area (Å²) in [5.41, 5.74) is 0.0961. The van der Waals surface area contributed by atoms with Crippen LogP contribution in [0.5, 0.6) is 5.75 Å². The summed E-state index contributed by atoms with van der Waals surface area (Å²) in [5.74, 6) is -1.25. The first-order valence-electron chi connectivity index (χ1n) is 7.38. The van der Waals surface area contributed by atoms with Crippen LogP contribution < -0.4 is 4.74 Å². The molecular weight excluding hydrogens is 352 g/mol. The van der Waals surface area contributed by atoms with Crippen LogP contribution in [0.2, 0.25) is 5.02 Å². The van der Waals surface area contributed by atoms with Crippen LogP contribution in [-0.4, -0.2) is 11.0 Å². The minimum Gasteiger partial charge on any atom is -0.441 e. The Labute approximate surface area is 147 Å². The normalized spacial score (nSPS) is 10.7. The van der Waals surface area contributed by atoms with E-state index in [4.69, 9.17) is 20.8 Å². The molecule has 0 amide bonds. The number of aromatic nitrogens is 1. The summed E-state index contributed by atoms with van der Waals surface area (Å²) in [5, 5.41) is 0.334. The SMILES string of the molecule is O=C(CCc1ncc(-c2ccc(F)cc2F)o1)Oc1ccccc1Cl. The number of rotatable bonds is 5. The molecular formula is C18H12ClF2NO3. The van der Waals surface area contributed by atoms with Crippen molar-refractivity contribution in [3.8, 4) is 17.1 Å². The average molecular weight is 364 g/mol. The number of hydrogen-bond donors (Lipinski definition) is 0. The Morgan fingerprint density at radius 3 is 2.76 bits per heavy atom. The van der Waals surface area contributed by atoms with Crippen molar-refractivity contribution in [1.82, 2.24) is 4.98 Å². The van der Waals surface area contributed by atoms with Crippen LogP contribution in [0.25, 0.3) is 11.3 Å². The molecule has 3 aromatic rings. The van der Waals surface area contributed by atoms with Crippen LogP contribution >= 0.6 is 11.6 Å². The first-order chi connectivity index (χ1) is 12.0. The van der Waals surface area contributed by atoms with Crippen molar-refractivity contribution in [3.63, 3.8) is 0 Å². The summed E-state index contributed by atoms with van der Waals surface area (Å²) in [6, 6.07) is 9.78. The highest BCUT2D eigenvalue weighted by atomic mass is 35.5. The number of para-hydroxylation sites is 1. The van der Waals surface area contributed by atoms with E-state index in [0.717, 1.165) is 12.1 Å². The number of carbonyl (C=O) groups excluding carboxylic acids is 1. The Bertz CT molecular complexity index is 911. The number of halogens is 3. The van der Waals surface area contributed by atoms with Crippen LogP contribution in [0.1, 0.15) is 12.3 Å². The third kappa shape index (κ3) is 4.22. The monoisotopic (exact) mass is 363 g/mol. The maximum Gasteiger partial charge on any atom is 0.311 e. The van der Waals surface area contributed by atoms with Gasteiger partial charge in [0.1, 0.15) is 17.4 Å². The molecule has 128 valence electrons. The second kappa shape index (κ2) is 7.44. The molecule has 4 nitrogen and oxygen atoms in total. The van der Waals surface area contributed by atoms with E-state index in [2.05, 4.69) is 4.98 Å². The van der Waals surface area contributed by atoms with Gasteiger partial charge >= 0.3 is 5.97 Å². The second-order valence-electron chi connectivity index (χ2n) is 5.15. The van der Waals surface area contributed by atoms with E-state index in [9.17, 15) is 13.6 Å². The lowest BCUT2D eigenvalue weighted by molar-refractivity contribution is -0.134. The van der Waals surface area contributed by atoms with E-state index in [1.165, 1.54) is 12.3 Å². The third-order valence-corrected chi connectivity index (χ3v) is 3.67. The van der Waals surface area contributed by atoms with Crippen LogP contribution in [0, 0.1) is 11.6 Å². The third-order valence-electron chi connectivity index (χ3n) is 3.35. The molecule has 0 aliphatic carbocycles. The highest BCUT2D eigenvalue weighted by Gasteiger charge is 2.14. The van der Waals surface area contributed by atoms with Crippen LogP contribution in [0.15, 0.2) is 53.1 Å². The molecule has 0 spiro atoms. The van der Waals surface area contributed by atoms with Gasteiger partial charge in [0.15, 0.2) is 11.7 Å². The molecule has 0 aliphatic rings. The molecule has 2 aromatic carbocycles. The summed E-state index contributed by atoms with van der Waals surface area (Å²) in [6.07, 6.45) is 1.51. The molecule has 1 heterocycles. The lowest BCUT2D eigenvalue weighted by Crippen LogP contribution is -2.09. The van der Waals surface area contributed by atoms with Crippen molar-refractivity contribution in [3.05, 3.63) is 71.2 Å². The van der Waals surface area contributed by atoms with E-state index in [1.807, 2.05) is 0 Å². The zero-order valence-corrected chi connectivity index (χ0v) is 13.6. The standard InChI is InChI=1S/C18H12ClF2NO3/c19-13-3-1-2-4-15(13)25-18(23)8-7-17-22-10-16(24-17)12-6-5-11(20)9-14(12)21/h1-6,9-10H,7-8H2. The van der Waals surface area contributed by atoms with E-state index in [1.54, 1.807) is 24.3 Å². The van der Waals surface area contributed by atoms with Crippen molar-refractivity contribution < 1.29 is 22.7 Å². The molecule has 0 atom stereocenters. The molecule has 0 unspecified atom stereocenters. The fraction of sp³-hybridized carbons (Fsp3) is 0.111. The molecule has 25 heavy (non-hydrogen) atoms. The zero-order valence-electron chi connectivity index (χ0n) is 12.8. The Balaban J connectivity index is 1.62. The van der Waals surface area contributed by atoms with Gasteiger partial charge in [-0.25, -0.2) is 13.8 Å². The fourth-order valence-corrected chi connectivity index (χ4v) is 2.32. The van der Waals surface area contributed by atoms with E-state index in [0.29, 0.717) is 5.02 Å². The lowest BCUT2D eigenvalue weighted by Gasteiger charge is -2.04.